The SMILES string of the molecule is C1CCOC1.N#CC(c1ccccc1)c1ccccc1. The largest absolute Gasteiger partial charge is 0.381 e. The molecule has 0 radical (unpaired) electrons. The van der Waals surface area contributed by atoms with Gasteiger partial charge in [-0.2, -0.15) is 5.26 Å². The van der Waals surface area contributed by atoms with Gasteiger partial charge < -0.3 is 4.74 Å². The van der Waals surface area contributed by atoms with Crippen LogP contribution in [0.4, 0.5) is 0 Å². The van der Waals surface area contributed by atoms with Crippen molar-refractivity contribution in [3.8, 4) is 6.07 Å². The molecule has 2 aromatic carbocycles. The fourth-order valence-electron chi connectivity index (χ4n) is 2.14. The second-order valence-electron chi connectivity index (χ2n) is 4.70. The molecule has 0 amide bonds. The van der Waals surface area contributed by atoms with Gasteiger partial charge >= 0.3 is 0 Å². The van der Waals surface area contributed by atoms with E-state index in [-0.39, 0.29) is 5.92 Å². The van der Waals surface area contributed by atoms with Crippen LogP contribution in [0.5, 0.6) is 0 Å². The van der Waals surface area contributed by atoms with E-state index in [1.807, 2.05) is 60.7 Å². The van der Waals surface area contributed by atoms with Crippen LogP contribution in [0.3, 0.4) is 0 Å². The number of benzene rings is 2. The Morgan fingerprint density at radius 3 is 1.55 bits per heavy atom. The molecule has 102 valence electrons. The van der Waals surface area contributed by atoms with Crippen LogP contribution in [0.2, 0.25) is 0 Å². The maximum absolute atomic E-state index is 9.18. The van der Waals surface area contributed by atoms with Gasteiger partial charge in [0.25, 0.3) is 0 Å². The first-order valence-electron chi connectivity index (χ1n) is 6.99. The summed E-state index contributed by atoms with van der Waals surface area (Å²) in [5, 5.41) is 9.18. The zero-order valence-corrected chi connectivity index (χ0v) is 11.5. The third kappa shape index (κ3) is 4.22. The summed E-state index contributed by atoms with van der Waals surface area (Å²) in [5.74, 6) is -0.160. The summed E-state index contributed by atoms with van der Waals surface area (Å²) in [6.07, 6.45) is 2.56. The predicted molar refractivity (Wildman–Crippen MR) is 80.4 cm³/mol. The Morgan fingerprint density at radius 2 is 1.25 bits per heavy atom. The third-order valence-electron chi connectivity index (χ3n) is 3.22. The zero-order valence-electron chi connectivity index (χ0n) is 11.5. The van der Waals surface area contributed by atoms with Crippen molar-refractivity contribution in [2.45, 2.75) is 18.8 Å². The Bertz CT molecular complexity index is 479. The smallest absolute Gasteiger partial charge is 0.0962 e. The van der Waals surface area contributed by atoms with Gasteiger partial charge in [-0.3, -0.25) is 0 Å². The van der Waals surface area contributed by atoms with Gasteiger partial charge in [0.05, 0.1) is 12.0 Å². The van der Waals surface area contributed by atoms with Gasteiger partial charge in [-0.05, 0) is 24.0 Å². The molecular weight excluding hydrogens is 246 g/mol. The first kappa shape index (κ1) is 14.3. The molecule has 1 aliphatic rings. The quantitative estimate of drug-likeness (QED) is 0.817. The molecule has 0 N–H and O–H groups in total. The zero-order chi connectivity index (χ0) is 14.0. The van der Waals surface area contributed by atoms with Crippen LogP contribution in [0.25, 0.3) is 0 Å². The molecule has 0 aliphatic carbocycles. The fraction of sp³-hybridized carbons (Fsp3) is 0.278. The number of ether oxygens (including phenoxy) is 1. The summed E-state index contributed by atoms with van der Waals surface area (Å²) < 4.78 is 4.94. The molecule has 0 aromatic heterocycles. The standard InChI is InChI=1S/C14H11N.C4H8O/c15-11-14(12-7-3-1-4-8-12)13-9-5-2-6-10-13;1-2-4-5-3-1/h1-10,14H;1-4H2. The average molecular weight is 265 g/mol. The highest BCUT2D eigenvalue weighted by molar-refractivity contribution is 5.37. The lowest BCUT2D eigenvalue weighted by Gasteiger charge is -2.08. The molecular formula is C18H19NO. The maximum atomic E-state index is 9.18. The molecule has 2 aromatic rings. The maximum Gasteiger partial charge on any atom is 0.0962 e. The van der Waals surface area contributed by atoms with E-state index in [0.29, 0.717) is 0 Å². The van der Waals surface area contributed by atoms with E-state index < -0.39 is 0 Å². The summed E-state index contributed by atoms with van der Waals surface area (Å²) in [5.41, 5.74) is 2.09. The lowest BCUT2D eigenvalue weighted by molar-refractivity contribution is 0.198. The van der Waals surface area contributed by atoms with Crippen molar-refractivity contribution in [1.82, 2.24) is 0 Å². The van der Waals surface area contributed by atoms with Gasteiger partial charge in [0, 0.05) is 13.2 Å². The number of hydrogen-bond acceptors (Lipinski definition) is 2. The van der Waals surface area contributed by atoms with Crippen molar-refractivity contribution in [2.75, 3.05) is 13.2 Å². The van der Waals surface area contributed by atoms with E-state index >= 15 is 0 Å². The molecule has 1 saturated heterocycles. The molecule has 0 bridgehead atoms. The molecule has 1 heterocycles. The summed E-state index contributed by atoms with van der Waals surface area (Å²) >= 11 is 0. The first-order valence-corrected chi connectivity index (χ1v) is 6.99. The molecule has 0 atom stereocenters. The summed E-state index contributed by atoms with van der Waals surface area (Å²) in [6.45, 7) is 2.00. The van der Waals surface area contributed by atoms with Crippen LogP contribution in [-0.4, -0.2) is 13.2 Å². The second kappa shape index (κ2) is 8.14. The molecule has 2 nitrogen and oxygen atoms in total. The lowest BCUT2D eigenvalue weighted by Crippen LogP contribution is -1.96. The van der Waals surface area contributed by atoms with Gasteiger partial charge in [-0.1, -0.05) is 60.7 Å². The topological polar surface area (TPSA) is 33.0 Å². The number of nitrogens with zero attached hydrogens (tertiary/aromatic N) is 1. The third-order valence-corrected chi connectivity index (χ3v) is 3.22. The van der Waals surface area contributed by atoms with Crippen LogP contribution in [0.1, 0.15) is 29.9 Å². The van der Waals surface area contributed by atoms with Gasteiger partial charge in [0.1, 0.15) is 0 Å². The molecule has 2 heteroatoms. The Hall–Kier alpha value is -2.11. The molecule has 3 rings (SSSR count). The van der Waals surface area contributed by atoms with E-state index in [1.54, 1.807) is 0 Å². The molecule has 0 unspecified atom stereocenters. The van der Waals surface area contributed by atoms with Crippen molar-refractivity contribution in [1.29, 1.82) is 5.26 Å². The number of rotatable bonds is 2. The van der Waals surface area contributed by atoms with E-state index in [9.17, 15) is 5.26 Å². The molecule has 0 saturated carbocycles. The Kier molecular flexibility index (Phi) is 5.82. The Labute approximate surface area is 120 Å². The molecule has 1 aliphatic heterocycles. The van der Waals surface area contributed by atoms with Gasteiger partial charge in [-0.25, -0.2) is 0 Å². The fourth-order valence-corrected chi connectivity index (χ4v) is 2.14. The van der Waals surface area contributed by atoms with Crippen LogP contribution in [-0.2, 0) is 4.74 Å². The van der Waals surface area contributed by atoms with E-state index in [4.69, 9.17) is 4.74 Å². The van der Waals surface area contributed by atoms with Crippen LogP contribution < -0.4 is 0 Å². The summed E-state index contributed by atoms with van der Waals surface area (Å²) in [4.78, 5) is 0. The predicted octanol–water partition coefficient (Wildman–Crippen LogP) is 4.14. The minimum atomic E-state index is -0.160. The average Bonchev–Trinajstić information content (AvgIpc) is 3.10. The molecule has 1 fully saturated rings. The van der Waals surface area contributed by atoms with Gasteiger partial charge in [-0.15, -0.1) is 0 Å². The van der Waals surface area contributed by atoms with Gasteiger partial charge in [0.2, 0.25) is 0 Å². The van der Waals surface area contributed by atoms with Crippen LogP contribution >= 0.6 is 0 Å². The van der Waals surface area contributed by atoms with Crippen molar-refractivity contribution in [3.05, 3.63) is 71.8 Å². The first-order chi connectivity index (χ1) is 9.92. The second-order valence-corrected chi connectivity index (χ2v) is 4.70. The molecule has 20 heavy (non-hydrogen) atoms. The van der Waals surface area contributed by atoms with Crippen LogP contribution in [0, 0.1) is 11.3 Å². The molecule has 0 spiro atoms. The highest BCUT2D eigenvalue weighted by Crippen LogP contribution is 2.22. The minimum absolute atomic E-state index is 0.160. The highest BCUT2D eigenvalue weighted by atomic mass is 16.5. The van der Waals surface area contributed by atoms with Crippen molar-refractivity contribution < 1.29 is 4.74 Å². The van der Waals surface area contributed by atoms with Crippen molar-refractivity contribution in [3.63, 3.8) is 0 Å². The van der Waals surface area contributed by atoms with E-state index in [0.717, 1.165) is 24.3 Å². The summed E-state index contributed by atoms with van der Waals surface area (Å²) in [7, 11) is 0. The van der Waals surface area contributed by atoms with E-state index in [1.165, 1.54) is 12.8 Å². The number of nitriles is 1. The van der Waals surface area contributed by atoms with Crippen molar-refractivity contribution in [2.24, 2.45) is 0 Å². The monoisotopic (exact) mass is 265 g/mol. The number of hydrogen-bond donors (Lipinski definition) is 0. The van der Waals surface area contributed by atoms with Crippen LogP contribution in [0.15, 0.2) is 60.7 Å². The van der Waals surface area contributed by atoms with Crippen molar-refractivity contribution >= 4 is 0 Å². The Morgan fingerprint density at radius 1 is 0.800 bits per heavy atom. The minimum Gasteiger partial charge on any atom is -0.381 e. The lowest BCUT2D eigenvalue weighted by atomic mass is 9.93. The van der Waals surface area contributed by atoms with E-state index in [2.05, 4.69) is 6.07 Å². The Balaban J connectivity index is 0.000000247. The summed E-state index contributed by atoms with van der Waals surface area (Å²) in [6, 6.07) is 22.0. The normalized spacial score (nSPS) is 13.4. The van der Waals surface area contributed by atoms with Gasteiger partial charge in [0.15, 0.2) is 0 Å². The highest BCUT2D eigenvalue weighted by Gasteiger charge is 2.11.